The van der Waals surface area contributed by atoms with Crippen LogP contribution in [-0.4, -0.2) is 4.98 Å². The first kappa shape index (κ1) is 13.7. The van der Waals surface area contributed by atoms with Crippen LogP contribution in [0.1, 0.15) is 17.5 Å². The molecule has 0 aliphatic carbocycles. The molecule has 3 aromatic rings. The van der Waals surface area contributed by atoms with E-state index in [-0.39, 0.29) is 0 Å². The summed E-state index contributed by atoms with van der Waals surface area (Å²) >= 11 is 5.30. The molecule has 2 nitrogen and oxygen atoms in total. The van der Waals surface area contributed by atoms with E-state index in [0.29, 0.717) is 0 Å². The first-order valence-electron chi connectivity index (χ1n) is 6.44. The molecule has 3 rings (SSSR count). The highest BCUT2D eigenvalue weighted by molar-refractivity contribution is 9.10. The maximum Gasteiger partial charge on any atom is 0.0960 e. The number of aromatic nitrogens is 1. The quantitative estimate of drug-likeness (QED) is 0.759. The highest BCUT2D eigenvalue weighted by atomic mass is 79.9. The Morgan fingerprint density at radius 3 is 2.60 bits per heavy atom. The highest BCUT2D eigenvalue weighted by Gasteiger charge is 2.25. The number of hydrogen-bond acceptors (Lipinski definition) is 3. The minimum absolute atomic E-state index is 0.437. The third-order valence-electron chi connectivity index (χ3n) is 3.35. The Morgan fingerprint density at radius 2 is 1.85 bits per heavy atom. The van der Waals surface area contributed by atoms with Crippen molar-refractivity contribution in [3.63, 3.8) is 0 Å². The summed E-state index contributed by atoms with van der Waals surface area (Å²) < 4.78 is 2.26. The molecule has 1 aromatic heterocycles. The lowest BCUT2D eigenvalue weighted by atomic mass is 9.90. The lowest BCUT2D eigenvalue weighted by Gasteiger charge is -2.25. The van der Waals surface area contributed by atoms with Crippen molar-refractivity contribution in [3.05, 3.63) is 63.6 Å². The van der Waals surface area contributed by atoms with E-state index in [4.69, 9.17) is 5.73 Å². The van der Waals surface area contributed by atoms with E-state index in [0.717, 1.165) is 27.0 Å². The van der Waals surface area contributed by atoms with Gasteiger partial charge < -0.3 is 5.73 Å². The van der Waals surface area contributed by atoms with E-state index in [1.54, 1.807) is 11.3 Å². The molecule has 20 heavy (non-hydrogen) atoms. The average Bonchev–Trinajstić information content (AvgIpc) is 2.80. The number of thiazole rings is 1. The molecule has 2 aromatic carbocycles. The first-order chi connectivity index (χ1) is 9.56. The van der Waals surface area contributed by atoms with E-state index < -0.39 is 5.54 Å². The van der Waals surface area contributed by atoms with Gasteiger partial charge in [-0.25, -0.2) is 4.98 Å². The average molecular weight is 347 g/mol. The van der Waals surface area contributed by atoms with Crippen LogP contribution >= 0.6 is 27.3 Å². The largest absolute Gasteiger partial charge is 0.321 e. The summed E-state index contributed by atoms with van der Waals surface area (Å²) in [5, 5.41) is 1.08. The fourth-order valence-electron chi connectivity index (χ4n) is 2.33. The second-order valence-corrected chi connectivity index (χ2v) is 7.12. The Bertz CT molecular complexity index is 716. The number of halogens is 1. The maximum atomic E-state index is 6.53. The summed E-state index contributed by atoms with van der Waals surface area (Å²) in [6.45, 7) is 2.05. The predicted molar refractivity (Wildman–Crippen MR) is 89.0 cm³/mol. The Balaban J connectivity index is 1.95. The molecule has 0 saturated heterocycles. The van der Waals surface area contributed by atoms with Crippen molar-refractivity contribution in [1.29, 1.82) is 0 Å². The van der Waals surface area contributed by atoms with Gasteiger partial charge in [0.15, 0.2) is 0 Å². The minimum Gasteiger partial charge on any atom is -0.321 e. The SMILES string of the molecule is CC(N)(Cc1nc2ccccc2s1)c1ccccc1Br. The topological polar surface area (TPSA) is 38.9 Å². The smallest absolute Gasteiger partial charge is 0.0960 e. The van der Waals surface area contributed by atoms with E-state index in [1.165, 1.54) is 4.70 Å². The van der Waals surface area contributed by atoms with Crippen molar-refractivity contribution >= 4 is 37.5 Å². The van der Waals surface area contributed by atoms with Crippen molar-refractivity contribution < 1.29 is 0 Å². The molecule has 1 atom stereocenters. The third kappa shape index (κ3) is 2.64. The molecule has 0 spiro atoms. The molecule has 0 aliphatic heterocycles. The van der Waals surface area contributed by atoms with Crippen LogP contribution in [0.15, 0.2) is 53.0 Å². The van der Waals surface area contributed by atoms with Crippen LogP contribution in [0.25, 0.3) is 10.2 Å². The maximum absolute atomic E-state index is 6.53. The van der Waals surface area contributed by atoms with E-state index in [2.05, 4.69) is 40.0 Å². The number of nitrogens with zero attached hydrogens (tertiary/aromatic N) is 1. The van der Waals surface area contributed by atoms with Crippen LogP contribution in [0.2, 0.25) is 0 Å². The summed E-state index contributed by atoms with van der Waals surface area (Å²) in [4.78, 5) is 4.68. The molecule has 0 fully saturated rings. The first-order valence-corrected chi connectivity index (χ1v) is 8.05. The van der Waals surface area contributed by atoms with Crippen molar-refractivity contribution in [2.45, 2.75) is 18.9 Å². The van der Waals surface area contributed by atoms with Gasteiger partial charge in [-0.15, -0.1) is 11.3 Å². The molecule has 0 bridgehead atoms. The van der Waals surface area contributed by atoms with E-state index in [1.807, 2.05) is 36.4 Å². The van der Waals surface area contributed by atoms with Crippen LogP contribution in [0.4, 0.5) is 0 Å². The van der Waals surface area contributed by atoms with Crippen molar-refractivity contribution in [2.75, 3.05) is 0 Å². The van der Waals surface area contributed by atoms with Crippen molar-refractivity contribution in [2.24, 2.45) is 5.73 Å². The van der Waals surface area contributed by atoms with Gasteiger partial charge in [0.1, 0.15) is 0 Å². The summed E-state index contributed by atoms with van der Waals surface area (Å²) in [6, 6.07) is 16.3. The summed E-state index contributed by atoms with van der Waals surface area (Å²) in [6.07, 6.45) is 0.731. The minimum atomic E-state index is -0.437. The fraction of sp³-hybridized carbons (Fsp3) is 0.188. The Kier molecular flexibility index (Phi) is 3.63. The number of benzene rings is 2. The molecule has 2 N–H and O–H groups in total. The van der Waals surface area contributed by atoms with Crippen LogP contribution in [-0.2, 0) is 12.0 Å². The van der Waals surface area contributed by atoms with Gasteiger partial charge in [0.05, 0.1) is 15.2 Å². The second-order valence-electron chi connectivity index (χ2n) is 5.15. The van der Waals surface area contributed by atoms with Crippen LogP contribution in [0.5, 0.6) is 0 Å². The third-order valence-corrected chi connectivity index (χ3v) is 5.07. The number of hydrogen-bond donors (Lipinski definition) is 1. The summed E-state index contributed by atoms with van der Waals surface area (Å²) in [5.74, 6) is 0. The number of nitrogens with two attached hydrogens (primary N) is 1. The van der Waals surface area contributed by atoms with Gasteiger partial charge in [-0.3, -0.25) is 0 Å². The molecular weight excluding hydrogens is 332 g/mol. The molecule has 0 saturated carbocycles. The molecule has 0 aliphatic rings. The molecule has 1 heterocycles. The molecule has 0 amide bonds. The fourth-order valence-corrected chi connectivity index (χ4v) is 4.20. The second kappa shape index (κ2) is 5.28. The Hall–Kier alpha value is -1.23. The van der Waals surface area contributed by atoms with Crippen LogP contribution in [0, 0.1) is 0 Å². The van der Waals surface area contributed by atoms with Gasteiger partial charge in [0.25, 0.3) is 0 Å². The summed E-state index contributed by atoms with van der Waals surface area (Å²) in [5.41, 5.74) is 8.25. The zero-order valence-electron chi connectivity index (χ0n) is 11.1. The molecular formula is C16H15BrN2S. The zero-order valence-corrected chi connectivity index (χ0v) is 13.5. The van der Waals surface area contributed by atoms with Gasteiger partial charge in [-0.05, 0) is 30.7 Å². The summed E-state index contributed by atoms with van der Waals surface area (Å²) in [7, 11) is 0. The van der Waals surface area contributed by atoms with Gasteiger partial charge in [0, 0.05) is 16.4 Å². The molecule has 102 valence electrons. The monoisotopic (exact) mass is 346 g/mol. The number of rotatable bonds is 3. The molecule has 0 radical (unpaired) electrons. The Labute approximate surface area is 130 Å². The standard InChI is InChI=1S/C16H15BrN2S/c1-16(18,11-6-2-3-7-12(11)17)10-15-19-13-8-4-5-9-14(13)20-15/h2-9H,10,18H2,1H3. The predicted octanol–water partition coefficient (Wildman–Crippen LogP) is 4.48. The zero-order chi connectivity index (χ0) is 14.2. The van der Waals surface area contributed by atoms with Gasteiger partial charge in [0.2, 0.25) is 0 Å². The lowest BCUT2D eigenvalue weighted by molar-refractivity contribution is 0.488. The number of fused-ring (bicyclic) bond motifs is 1. The number of para-hydroxylation sites is 1. The van der Waals surface area contributed by atoms with Crippen LogP contribution < -0.4 is 5.73 Å². The molecule has 1 unspecified atom stereocenters. The van der Waals surface area contributed by atoms with Gasteiger partial charge >= 0.3 is 0 Å². The van der Waals surface area contributed by atoms with E-state index >= 15 is 0 Å². The lowest BCUT2D eigenvalue weighted by Crippen LogP contribution is -2.35. The Morgan fingerprint density at radius 1 is 1.15 bits per heavy atom. The van der Waals surface area contributed by atoms with Gasteiger partial charge in [-0.2, -0.15) is 0 Å². The van der Waals surface area contributed by atoms with E-state index in [9.17, 15) is 0 Å². The highest BCUT2D eigenvalue weighted by Crippen LogP contribution is 2.31. The van der Waals surface area contributed by atoms with Crippen LogP contribution in [0.3, 0.4) is 0 Å². The van der Waals surface area contributed by atoms with Gasteiger partial charge in [-0.1, -0.05) is 46.3 Å². The molecule has 4 heteroatoms. The normalized spacial score (nSPS) is 14.3. The van der Waals surface area contributed by atoms with Crippen molar-refractivity contribution in [3.8, 4) is 0 Å². The van der Waals surface area contributed by atoms with Crippen molar-refractivity contribution in [1.82, 2.24) is 4.98 Å².